The number of benzene rings is 3. The molecule has 2 amide bonds. The molecule has 7 nitrogen and oxygen atoms in total. The fourth-order valence-corrected chi connectivity index (χ4v) is 3.65. The Morgan fingerprint density at radius 1 is 1.09 bits per heavy atom. The molecule has 0 aliphatic carbocycles. The SMILES string of the molecule is CC(=O)NCC1CN(c2ccc(-c3ccc(CNOCc4ccccc4)cc3)c(F)c2)C(=O)O1. The van der Waals surface area contributed by atoms with Crippen molar-refractivity contribution in [1.29, 1.82) is 0 Å². The summed E-state index contributed by atoms with van der Waals surface area (Å²) in [5.74, 6) is -0.640. The predicted molar refractivity (Wildman–Crippen MR) is 126 cm³/mol. The number of carbonyl (C=O) groups is 2. The number of hydrogen-bond donors (Lipinski definition) is 2. The number of rotatable bonds is 9. The topological polar surface area (TPSA) is 79.9 Å². The molecule has 0 spiro atoms. The first-order chi connectivity index (χ1) is 16.5. The van der Waals surface area contributed by atoms with Crippen molar-refractivity contribution in [2.24, 2.45) is 0 Å². The van der Waals surface area contributed by atoms with Crippen LogP contribution in [-0.4, -0.2) is 31.2 Å². The van der Waals surface area contributed by atoms with E-state index in [1.807, 2.05) is 54.6 Å². The number of amides is 2. The molecule has 1 aliphatic rings. The van der Waals surface area contributed by atoms with Crippen LogP contribution in [0.1, 0.15) is 18.1 Å². The normalized spacial score (nSPS) is 15.3. The number of ether oxygens (including phenoxy) is 1. The monoisotopic (exact) mass is 463 g/mol. The molecule has 4 rings (SSSR count). The number of hydroxylamine groups is 1. The largest absolute Gasteiger partial charge is 0.442 e. The second kappa shape index (κ2) is 10.9. The first-order valence-corrected chi connectivity index (χ1v) is 11.0. The van der Waals surface area contributed by atoms with Crippen LogP contribution in [0.25, 0.3) is 11.1 Å². The highest BCUT2D eigenvalue weighted by Crippen LogP contribution is 2.29. The lowest BCUT2D eigenvalue weighted by Crippen LogP contribution is -2.33. The Morgan fingerprint density at radius 2 is 1.85 bits per heavy atom. The van der Waals surface area contributed by atoms with Crippen LogP contribution in [0.15, 0.2) is 72.8 Å². The third-order valence-electron chi connectivity index (χ3n) is 5.44. The van der Waals surface area contributed by atoms with Gasteiger partial charge in [-0.2, -0.15) is 5.48 Å². The van der Waals surface area contributed by atoms with E-state index in [4.69, 9.17) is 9.57 Å². The summed E-state index contributed by atoms with van der Waals surface area (Å²) in [5.41, 5.74) is 6.59. The maximum absolute atomic E-state index is 14.9. The van der Waals surface area contributed by atoms with Gasteiger partial charge in [-0.1, -0.05) is 54.6 Å². The van der Waals surface area contributed by atoms with E-state index in [0.717, 1.165) is 16.7 Å². The third kappa shape index (κ3) is 5.98. The van der Waals surface area contributed by atoms with Gasteiger partial charge in [-0.3, -0.25) is 14.5 Å². The lowest BCUT2D eigenvalue weighted by molar-refractivity contribution is -0.119. The van der Waals surface area contributed by atoms with Gasteiger partial charge in [0.25, 0.3) is 0 Å². The summed E-state index contributed by atoms with van der Waals surface area (Å²) in [6, 6.07) is 22.0. The molecule has 1 aliphatic heterocycles. The van der Waals surface area contributed by atoms with E-state index >= 15 is 0 Å². The molecule has 3 aromatic carbocycles. The smallest absolute Gasteiger partial charge is 0.414 e. The average molecular weight is 464 g/mol. The molecule has 0 aromatic heterocycles. The van der Waals surface area contributed by atoms with Crippen LogP contribution in [0.4, 0.5) is 14.9 Å². The Balaban J connectivity index is 1.33. The van der Waals surface area contributed by atoms with Crippen molar-refractivity contribution in [2.45, 2.75) is 26.2 Å². The number of nitrogens with one attached hydrogen (secondary N) is 2. The summed E-state index contributed by atoms with van der Waals surface area (Å²) in [4.78, 5) is 30.1. The quantitative estimate of drug-likeness (QED) is 0.368. The van der Waals surface area contributed by atoms with Crippen molar-refractivity contribution < 1.29 is 23.6 Å². The summed E-state index contributed by atoms with van der Waals surface area (Å²) >= 11 is 0. The number of cyclic esters (lactones) is 1. The van der Waals surface area contributed by atoms with Gasteiger partial charge >= 0.3 is 6.09 Å². The van der Waals surface area contributed by atoms with E-state index in [-0.39, 0.29) is 19.0 Å². The van der Waals surface area contributed by atoms with E-state index < -0.39 is 18.0 Å². The summed E-state index contributed by atoms with van der Waals surface area (Å²) in [7, 11) is 0. The minimum Gasteiger partial charge on any atom is -0.442 e. The van der Waals surface area contributed by atoms with Gasteiger partial charge in [-0.05, 0) is 34.9 Å². The van der Waals surface area contributed by atoms with Crippen LogP contribution < -0.4 is 15.7 Å². The molecule has 1 saturated heterocycles. The van der Waals surface area contributed by atoms with E-state index in [0.29, 0.717) is 24.4 Å². The standard InChI is InChI=1S/C26H26FN3O4/c1-18(31)28-15-23-16-30(26(32)34-23)22-11-12-24(25(27)13-22)21-9-7-19(8-10-21)14-29-33-17-20-5-3-2-4-6-20/h2-13,23,29H,14-17H2,1H3,(H,28,31). The molecular weight excluding hydrogens is 437 g/mol. The fraction of sp³-hybridized carbons (Fsp3) is 0.231. The van der Waals surface area contributed by atoms with Crippen molar-refractivity contribution in [3.8, 4) is 11.1 Å². The van der Waals surface area contributed by atoms with E-state index in [9.17, 15) is 14.0 Å². The first kappa shape index (κ1) is 23.4. The van der Waals surface area contributed by atoms with Gasteiger partial charge < -0.3 is 10.1 Å². The van der Waals surface area contributed by atoms with Crippen LogP contribution >= 0.6 is 0 Å². The zero-order valence-corrected chi connectivity index (χ0v) is 18.8. The Labute approximate surface area is 197 Å². The number of nitrogens with zero attached hydrogens (tertiary/aromatic N) is 1. The van der Waals surface area contributed by atoms with E-state index in [1.165, 1.54) is 17.9 Å². The van der Waals surface area contributed by atoms with Crippen molar-refractivity contribution in [3.05, 3.63) is 89.7 Å². The summed E-state index contributed by atoms with van der Waals surface area (Å²) < 4.78 is 20.2. The summed E-state index contributed by atoms with van der Waals surface area (Å²) in [6.45, 7) is 2.84. The molecule has 176 valence electrons. The molecule has 1 fully saturated rings. The van der Waals surface area contributed by atoms with Crippen LogP contribution in [-0.2, 0) is 27.5 Å². The third-order valence-corrected chi connectivity index (χ3v) is 5.44. The van der Waals surface area contributed by atoms with Crippen molar-refractivity contribution in [3.63, 3.8) is 0 Å². The first-order valence-electron chi connectivity index (χ1n) is 11.0. The van der Waals surface area contributed by atoms with Crippen LogP contribution in [0.2, 0.25) is 0 Å². The molecule has 0 bridgehead atoms. The number of halogens is 1. The second-order valence-electron chi connectivity index (χ2n) is 8.01. The second-order valence-corrected chi connectivity index (χ2v) is 8.01. The Bertz CT molecular complexity index is 1140. The minimum atomic E-state index is -0.561. The van der Waals surface area contributed by atoms with Crippen LogP contribution in [0.5, 0.6) is 0 Å². The average Bonchev–Trinajstić information content (AvgIpc) is 3.22. The molecule has 1 heterocycles. The zero-order valence-electron chi connectivity index (χ0n) is 18.8. The predicted octanol–water partition coefficient (Wildman–Crippen LogP) is 4.18. The van der Waals surface area contributed by atoms with Gasteiger partial charge in [0.1, 0.15) is 11.9 Å². The molecular formula is C26H26FN3O4. The summed E-state index contributed by atoms with van der Waals surface area (Å²) in [6.07, 6.45) is -1.04. The molecule has 2 N–H and O–H groups in total. The molecule has 1 atom stereocenters. The van der Waals surface area contributed by atoms with Gasteiger partial charge in [0.2, 0.25) is 5.91 Å². The maximum atomic E-state index is 14.9. The van der Waals surface area contributed by atoms with Gasteiger partial charge in [-0.25, -0.2) is 9.18 Å². The zero-order chi connectivity index (χ0) is 23.9. The molecule has 0 saturated carbocycles. The Morgan fingerprint density at radius 3 is 2.56 bits per heavy atom. The van der Waals surface area contributed by atoms with Gasteiger partial charge in [-0.15, -0.1) is 0 Å². The molecule has 34 heavy (non-hydrogen) atoms. The number of carbonyl (C=O) groups excluding carboxylic acids is 2. The molecule has 1 unspecified atom stereocenters. The Kier molecular flexibility index (Phi) is 7.51. The number of hydrogen-bond acceptors (Lipinski definition) is 5. The van der Waals surface area contributed by atoms with E-state index in [1.54, 1.807) is 12.1 Å². The molecule has 3 aromatic rings. The van der Waals surface area contributed by atoms with Crippen molar-refractivity contribution >= 4 is 17.7 Å². The summed E-state index contributed by atoms with van der Waals surface area (Å²) in [5, 5.41) is 2.62. The molecule has 0 radical (unpaired) electrons. The van der Waals surface area contributed by atoms with E-state index in [2.05, 4.69) is 10.8 Å². The van der Waals surface area contributed by atoms with Crippen molar-refractivity contribution in [2.75, 3.05) is 18.0 Å². The minimum absolute atomic E-state index is 0.202. The van der Waals surface area contributed by atoms with Crippen LogP contribution in [0, 0.1) is 5.82 Å². The van der Waals surface area contributed by atoms with Crippen molar-refractivity contribution in [1.82, 2.24) is 10.8 Å². The lowest BCUT2D eigenvalue weighted by Gasteiger charge is -2.15. The van der Waals surface area contributed by atoms with Gasteiger partial charge in [0.15, 0.2) is 0 Å². The highest BCUT2D eigenvalue weighted by atomic mass is 19.1. The van der Waals surface area contributed by atoms with Crippen LogP contribution in [0.3, 0.4) is 0 Å². The number of anilines is 1. The van der Waals surface area contributed by atoms with Gasteiger partial charge in [0.05, 0.1) is 25.4 Å². The highest BCUT2D eigenvalue weighted by molar-refractivity contribution is 5.90. The highest BCUT2D eigenvalue weighted by Gasteiger charge is 2.32. The fourth-order valence-electron chi connectivity index (χ4n) is 3.65. The lowest BCUT2D eigenvalue weighted by atomic mass is 10.0. The molecule has 8 heteroatoms. The maximum Gasteiger partial charge on any atom is 0.414 e. The Hall–Kier alpha value is -3.75. The van der Waals surface area contributed by atoms with Gasteiger partial charge in [0, 0.05) is 19.0 Å².